The van der Waals surface area contributed by atoms with Gasteiger partial charge in [0, 0.05) is 0 Å². The van der Waals surface area contributed by atoms with E-state index >= 15 is 0 Å². The molecule has 0 atom stereocenters. The van der Waals surface area contributed by atoms with Gasteiger partial charge in [0.15, 0.2) is 0 Å². The van der Waals surface area contributed by atoms with E-state index in [0.29, 0.717) is 0 Å². The van der Waals surface area contributed by atoms with Crippen LogP contribution in [-0.2, 0) is 21.7 Å². The Morgan fingerprint density at radius 3 is 0.636 bits per heavy atom. The van der Waals surface area contributed by atoms with E-state index in [1.165, 1.54) is 0 Å². The molecule has 0 amide bonds. The molecule has 0 aromatic carbocycles. The monoisotopic (exact) mass is 190 g/mol. The summed E-state index contributed by atoms with van der Waals surface area (Å²) in [7, 11) is 0. The van der Waals surface area contributed by atoms with E-state index in [1.807, 2.05) is 0 Å². The maximum atomic E-state index is 3.77. The van der Waals surface area contributed by atoms with E-state index < -0.39 is 0 Å². The molecule has 11 heavy (non-hydrogen) atoms. The van der Waals surface area contributed by atoms with Gasteiger partial charge >= 0.3 is 21.7 Å². The predicted octanol–water partition coefficient (Wildman–Crippen LogP) is 3.73. The third kappa shape index (κ3) is 1590. The number of hydrogen-bond donors (Lipinski definition) is 0. The molecule has 0 aliphatic rings. The van der Waals surface area contributed by atoms with Crippen LogP contribution in [0.25, 0.3) is 0 Å². The first-order chi connectivity index (χ1) is 4.00. The Labute approximate surface area is 88.0 Å². The molecule has 66 valence electrons. The van der Waals surface area contributed by atoms with Gasteiger partial charge in [-0.25, -0.2) is 0 Å². The van der Waals surface area contributed by atoms with Crippen LogP contribution < -0.4 is 0 Å². The zero-order valence-corrected chi connectivity index (χ0v) is 10.5. The molecule has 0 rings (SSSR count). The summed E-state index contributed by atoms with van der Waals surface area (Å²) in [5.41, 5.74) is 0.500. The second-order valence-electron chi connectivity index (χ2n) is 5.12. The zero-order valence-electron chi connectivity index (χ0n) is 8.91. The largest absolute Gasteiger partial charge is 2.00 e. The molecule has 0 saturated carbocycles. The second-order valence-corrected chi connectivity index (χ2v) is 5.12. The topological polar surface area (TPSA) is 0 Å². The molecule has 0 radical (unpaired) electrons. The van der Waals surface area contributed by atoms with Crippen LogP contribution in [0.15, 0.2) is 0 Å². The SMILES string of the molecule is [CH2-]C(C)(C)C.[CH2-]C(C)(C)C.[Ti+2]. The van der Waals surface area contributed by atoms with Crippen LogP contribution in [0.5, 0.6) is 0 Å². The fraction of sp³-hybridized carbons (Fsp3) is 0.800. The minimum atomic E-state index is 0. The smallest absolute Gasteiger partial charge is 0.338 e. The maximum Gasteiger partial charge on any atom is 2.00 e. The van der Waals surface area contributed by atoms with Crippen LogP contribution in [0.1, 0.15) is 41.5 Å². The predicted molar refractivity (Wildman–Crippen MR) is 49.6 cm³/mol. The third-order valence-electron chi connectivity index (χ3n) is 0. The van der Waals surface area contributed by atoms with Crippen molar-refractivity contribution in [3.05, 3.63) is 13.8 Å². The van der Waals surface area contributed by atoms with Gasteiger partial charge in [0.2, 0.25) is 0 Å². The van der Waals surface area contributed by atoms with Crippen molar-refractivity contribution in [3.63, 3.8) is 0 Å². The molecule has 0 fully saturated rings. The Balaban J connectivity index is -0.000000107. The van der Waals surface area contributed by atoms with Crippen LogP contribution in [0.3, 0.4) is 0 Å². The van der Waals surface area contributed by atoms with Gasteiger partial charge in [-0.3, -0.25) is 0 Å². The second kappa shape index (κ2) is 6.25. The van der Waals surface area contributed by atoms with E-state index in [9.17, 15) is 0 Å². The van der Waals surface area contributed by atoms with Crippen molar-refractivity contribution in [1.82, 2.24) is 0 Å². The molecule has 0 aromatic heterocycles. The van der Waals surface area contributed by atoms with Gasteiger partial charge in [0.25, 0.3) is 0 Å². The Morgan fingerprint density at radius 1 is 0.636 bits per heavy atom. The van der Waals surface area contributed by atoms with Gasteiger partial charge < -0.3 is 13.8 Å². The molecular formula is C10H22Ti. The molecule has 0 aromatic rings. The summed E-state index contributed by atoms with van der Waals surface area (Å²) in [5.74, 6) is 0. The first-order valence-electron chi connectivity index (χ1n) is 3.71. The molecule has 0 N–H and O–H groups in total. The molecular weight excluding hydrogens is 168 g/mol. The van der Waals surface area contributed by atoms with Gasteiger partial charge in [0.05, 0.1) is 0 Å². The van der Waals surface area contributed by atoms with Gasteiger partial charge in [-0.2, -0.15) is 10.8 Å². The Kier molecular flexibility index (Phi) is 10.1. The summed E-state index contributed by atoms with van der Waals surface area (Å²) in [6.07, 6.45) is 0. The Hall–Kier alpha value is 0.714. The van der Waals surface area contributed by atoms with Crippen molar-refractivity contribution < 1.29 is 21.7 Å². The molecule has 0 heterocycles. The Bertz CT molecular complexity index is 47.9. The van der Waals surface area contributed by atoms with Crippen molar-refractivity contribution >= 4 is 0 Å². The first-order valence-corrected chi connectivity index (χ1v) is 3.71. The minimum absolute atomic E-state index is 0. The van der Waals surface area contributed by atoms with Gasteiger partial charge in [-0.05, 0) is 0 Å². The fourth-order valence-electron chi connectivity index (χ4n) is 0. The van der Waals surface area contributed by atoms with E-state index in [1.54, 1.807) is 0 Å². The molecule has 0 saturated heterocycles. The normalized spacial score (nSPS) is 10.9. The van der Waals surface area contributed by atoms with E-state index in [2.05, 4.69) is 55.4 Å². The molecule has 1 heteroatoms. The molecule has 0 aliphatic carbocycles. The minimum Gasteiger partial charge on any atom is -0.338 e. The van der Waals surface area contributed by atoms with Crippen molar-refractivity contribution in [1.29, 1.82) is 0 Å². The summed E-state index contributed by atoms with van der Waals surface area (Å²) < 4.78 is 0. The number of rotatable bonds is 0. The van der Waals surface area contributed by atoms with Crippen molar-refractivity contribution in [2.45, 2.75) is 41.5 Å². The Morgan fingerprint density at radius 2 is 0.636 bits per heavy atom. The average Bonchev–Trinajstić information content (AvgIpc) is 1.12. The van der Waals surface area contributed by atoms with Crippen LogP contribution in [0, 0.1) is 24.7 Å². The standard InChI is InChI=1S/2C5H11.Ti/c2*1-5(2,3)4;/h2*1H2,2-4H3;/q2*-1;+2. The van der Waals surface area contributed by atoms with Crippen molar-refractivity contribution in [2.24, 2.45) is 10.8 Å². The summed E-state index contributed by atoms with van der Waals surface area (Å²) in [5, 5.41) is 0. The van der Waals surface area contributed by atoms with Gasteiger partial charge in [-0.1, -0.05) is 41.5 Å². The summed E-state index contributed by atoms with van der Waals surface area (Å²) in [6, 6.07) is 0. The first kappa shape index (κ1) is 17.7. The molecule has 0 spiro atoms. The van der Waals surface area contributed by atoms with Crippen LogP contribution in [0.2, 0.25) is 0 Å². The third-order valence-corrected chi connectivity index (χ3v) is 0. The van der Waals surface area contributed by atoms with Crippen LogP contribution in [-0.4, -0.2) is 0 Å². The van der Waals surface area contributed by atoms with E-state index in [0.717, 1.165) is 0 Å². The van der Waals surface area contributed by atoms with E-state index in [4.69, 9.17) is 0 Å². The van der Waals surface area contributed by atoms with Crippen LogP contribution in [0.4, 0.5) is 0 Å². The summed E-state index contributed by atoms with van der Waals surface area (Å²) in [4.78, 5) is 0. The van der Waals surface area contributed by atoms with Crippen LogP contribution >= 0.6 is 0 Å². The average molecular weight is 190 g/mol. The zero-order chi connectivity index (χ0) is 9.00. The summed E-state index contributed by atoms with van der Waals surface area (Å²) >= 11 is 0. The van der Waals surface area contributed by atoms with Gasteiger partial charge in [0.1, 0.15) is 0 Å². The molecule has 0 bridgehead atoms. The number of hydrogen-bond acceptors (Lipinski definition) is 0. The molecule has 0 nitrogen and oxygen atoms in total. The maximum absolute atomic E-state index is 3.77. The quantitative estimate of drug-likeness (QED) is 0.403. The van der Waals surface area contributed by atoms with E-state index in [-0.39, 0.29) is 32.5 Å². The van der Waals surface area contributed by atoms with Crippen molar-refractivity contribution in [2.75, 3.05) is 0 Å². The fourth-order valence-corrected chi connectivity index (χ4v) is 0. The van der Waals surface area contributed by atoms with Crippen molar-refractivity contribution in [3.8, 4) is 0 Å². The summed E-state index contributed by atoms with van der Waals surface area (Å²) in [6.45, 7) is 20.0. The van der Waals surface area contributed by atoms with Gasteiger partial charge in [-0.15, -0.1) is 0 Å². The molecule has 0 aliphatic heterocycles. The molecule has 0 unspecified atom stereocenters.